The smallest absolute Gasteiger partial charge is 0.150 e. The summed E-state index contributed by atoms with van der Waals surface area (Å²) in [5, 5.41) is 11.4. The average Bonchev–Trinajstić information content (AvgIpc) is 2.45. The maximum atomic E-state index is 5.84. The molecule has 19 heavy (non-hydrogen) atoms. The molecule has 0 atom stereocenters. The maximum absolute atomic E-state index is 5.84. The van der Waals surface area contributed by atoms with Gasteiger partial charge in [-0.25, -0.2) is 0 Å². The van der Waals surface area contributed by atoms with Gasteiger partial charge >= 0.3 is 0 Å². The zero-order valence-corrected chi connectivity index (χ0v) is 11.4. The molecular formula is C13H14ClN3O2. The lowest BCUT2D eigenvalue weighted by Crippen LogP contribution is -2.04. The fourth-order valence-electron chi connectivity index (χ4n) is 1.61. The van der Waals surface area contributed by atoms with Crippen LogP contribution in [0, 0.1) is 0 Å². The number of halogens is 1. The Morgan fingerprint density at radius 3 is 2.74 bits per heavy atom. The lowest BCUT2D eigenvalue weighted by atomic mass is 10.2. The summed E-state index contributed by atoms with van der Waals surface area (Å²) in [6, 6.07) is 7.36. The van der Waals surface area contributed by atoms with Crippen molar-refractivity contribution < 1.29 is 9.47 Å². The van der Waals surface area contributed by atoms with Gasteiger partial charge in [0, 0.05) is 24.2 Å². The Morgan fingerprint density at radius 1 is 1.21 bits per heavy atom. The van der Waals surface area contributed by atoms with Gasteiger partial charge in [0.2, 0.25) is 0 Å². The van der Waals surface area contributed by atoms with Gasteiger partial charge in [-0.15, -0.1) is 5.10 Å². The number of rotatable bonds is 5. The van der Waals surface area contributed by atoms with E-state index in [4.69, 9.17) is 21.1 Å². The van der Waals surface area contributed by atoms with E-state index in [2.05, 4.69) is 15.5 Å². The van der Waals surface area contributed by atoms with Crippen LogP contribution >= 0.6 is 11.6 Å². The molecule has 0 saturated heterocycles. The molecule has 1 N–H and O–H groups in total. The van der Waals surface area contributed by atoms with Crippen molar-refractivity contribution in [3.63, 3.8) is 0 Å². The van der Waals surface area contributed by atoms with E-state index in [-0.39, 0.29) is 0 Å². The lowest BCUT2D eigenvalue weighted by Gasteiger charge is -2.11. The summed E-state index contributed by atoms with van der Waals surface area (Å²) in [7, 11) is 3.24. The highest BCUT2D eigenvalue weighted by atomic mass is 35.5. The fraction of sp³-hybridized carbons (Fsp3) is 0.231. The van der Waals surface area contributed by atoms with E-state index in [1.807, 2.05) is 18.2 Å². The van der Waals surface area contributed by atoms with Crippen molar-refractivity contribution >= 4 is 17.4 Å². The van der Waals surface area contributed by atoms with Crippen LogP contribution in [-0.2, 0) is 6.54 Å². The molecule has 0 aliphatic carbocycles. The van der Waals surface area contributed by atoms with Gasteiger partial charge in [-0.2, -0.15) is 5.10 Å². The third-order valence-corrected chi connectivity index (χ3v) is 2.78. The number of benzene rings is 1. The van der Waals surface area contributed by atoms with Crippen molar-refractivity contribution in [2.75, 3.05) is 19.5 Å². The van der Waals surface area contributed by atoms with Crippen LogP contribution in [0.25, 0.3) is 0 Å². The molecule has 1 heterocycles. The van der Waals surface area contributed by atoms with Crippen molar-refractivity contribution in [1.82, 2.24) is 10.2 Å². The molecule has 0 radical (unpaired) electrons. The van der Waals surface area contributed by atoms with Gasteiger partial charge in [0.15, 0.2) is 0 Å². The Balaban J connectivity index is 2.11. The maximum Gasteiger partial charge on any atom is 0.150 e. The minimum Gasteiger partial charge on any atom is -0.497 e. The van der Waals surface area contributed by atoms with Gasteiger partial charge < -0.3 is 14.8 Å². The molecule has 0 unspecified atom stereocenters. The fourth-order valence-corrected chi connectivity index (χ4v) is 1.76. The minimum absolute atomic E-state index is 0.541. The summed E-state index contributed by atoms with van der Waals surface area (Å²) in [6.45, 7) is 0.558. The molecule has 2 aromatic rings. The number of ether oxygens (including phenoxy) is 2. The van der Waals surface area contributed by atoms with E-state index in [0.717, 1.165) is 17.1 Å². The van der Waals surface area contributed by atoms with Crippen molar-refractivity contribution in [1.29, 1.82) is 0 Å². The predicted octanol–water partition coefficient (Wildman–Crippen LogP) is 2.76. The Hall–Kier alpha value is -2.01. The van der Waals surface area contributed by atoms with E-state index in [9.17, 15) is 0 Å². The minimum atomic E-state index is 0.541. The summed E-state index contributed by atoms with van der Waals surface area (Å²) in [4.78, 5) is 0. The second-order valence-electron chi connectivity index (χ2n) is 3.79. The van der Waals surface area contributed by atoms with Crippen molar-refractivity contribution in [2.24, 2.45) is 0 Å². The highest BCUT2D eigenvalue weighted by Crippen LogP contribution is 2.25. The molecule has 1 aromatic carbocycles. The molecule has 100 valence electrons. The highest BCUT2D eigenvalue weighted by Gasteiger charge is 2.05. The van der Waals surface area contributed by atoms with Gasteiger partial charge in [0.1, 0.15) is 17.3 Å². The topological polar surface area (TPSA) is 56.3 Å². The van der Waals surface area contributed by atoms with Crippen LogP contribution in [0.1, 0.15) is 5.56 Å². The SMILES string of the molecule is COc1ccc(CNc2cc(Cl)cnn2)c(OC)c1. The third kappa shape index (κ3) is 3.48. The van der Waals surface area contributed by atoms with Gasteiger partial charge in [-0.05, 0) is 12.1 Å². The molecule has 0 fully saturated rings. The van der Waals surface area contributed by atoms with Gasteiger partial charge in [0.05, 0.1) is 25.4 Å². The highest BCUT2D eigenvalue weighted by molar-refractivity contribution is 6.30. The first-order valence-corrected chi connectivity index (χ1v) is 6.03. The van der Waals surface area contributed by atoms with Crippen LogP contribution in [0.5, 0.6) is 11.5 Å². The van der Waals surface area contributed by atoms with Crippen LogP contribution in [-0.4, -0.2) is 24.4 Å². The standard InChI is InChI=1S/C13H14ClN3O2/c1-18-11-4-3-9(12(6-11)19-2)7-15-13-5-10(14)8-16-17-13/h3-6,8H,7H2,1-2H3,(H,15,17). The molecule has 0 saturated carbocycles. The average molecular weight is 280 g/mol. The molecule has 0 aliphatic heterocycles. The van der Waals surface area contributed by atoms with Crippen LogP contribution < -0.4 is 14.8 Å². The lowest BCUT2D eigenvalue weighted by molar-refractivity contribution is 0.391. The van der Waals surface area contributed by atoms with E-state index >= 15 is 0 Å². The monoisotopic (exact) mass is 279 g/mol. The summed E-state index contributed by atoms with van der Waals surface area (Å²) in [5.41, 5.74) is 0.991. The molecular weight excluding hydrogens is 266 g/mol. The summed E-state index contributed by atoms with van der Waals surface area (Å²) in [6.07, 6.45) is 1.49. The third-order valence-electron chi connectivity index (χ3n) is 2.58. The first-order valence-electron chi connectivity index (χ1n) is 5.66. The van der Waals surface area contributed by atoms with E-state index in [1.54, 1.807) is 20.3 Å². The number of aromatic nitrogens is 2. The molecule has 0 aliphatic rings. The van der Waals surface area contributed by atoms with Crippen LogP contribution in [0.4, 0.5) is 5.82 Å². The van der Waals surface area contributed by atoms with E-state index in [1.165, 1.54) is 6.20 Å². The second-order valence-corrected chi connectivity index (χ2v) is 4.23. The Labute approximate surface area is 116 Å². The number of hydrogen-bond acceptors (Lipinski definition) is 5. The largest absolute Gasteiger partial charge is 0.497 e. The molecule has 1 aromatic heterocycles. The van der Waals surface area contributed by atoms with Crippen molar-refractivity contribution in [2.45, 2.75) is 6.54 Å². The first-order chi connectivity index (χ1) is 9.22. The summed E-state index contributed by atoms with van der Waals surface area (Å²) < 4.78 is 10.5. The van der Waals surface area contributed by atoms with E-state index in [0.29, 0.717) is 17.4 Å². The number of nitrogens with zero attached hydrogens (tertiary/aromatic N) is 2. The van der Waals surface area contributed by atoms with Crippen LogP contribution in [0.3, 0.4) is 0 Å². The molecule has 0 bridgehead atoms. The summed E-state index contributed by atoms with van der Waals surface area (Å²) >= 11 is 5.84. The summed E-state index contributed by atoms with van der Waals surface area (Å²) in [5.74, 6) is 2.12. The molecule has 0 amide bonds. The number of anilines is 1. The van der Waals surface area contributed by atoms with Crippen LogP contribution in [0.15, 0.2) is 30.5 Å². The normalized spacial score (nSPS) is 10.1. The quantitative estimate of drug-likeness (QED) is 0.912. The number of nitrogens with one attached hydrogen (secondary N) is 1. The molecule has 5 nitrogen and oxygen atoms in total. The molecule has 2 rings (SSSR count). The number of methoxy groups -OCH3 is 2. The Morgan fingerprint density at radius 2 is 2.05 bits per heavy atom. The van der Waals surface area contributed by atoms with Crippen LogP contribution in [0.2, 0.25) is 5.02 Å². The zero-order valence-electron chi connectivity index (χ0n) is 10.7. The van der Waals surface area contributed by atoms with Crippen molar-refractivity contribution in [3.05, 3.63) is 41.0 Å². The predicted molar refractivity (Wildman–Crippen MR) is 73.9 cm³/mol. The molecule has 6 heteroatoms. The Bertz CT molecular complexity index is 563. The Kier molecular flexibility index (Phi) is 4.41. The van der Waals surface area contributed by atoms with Gasteiger partial charge in [-0.1, -0.05) is 11.6 Å². The zero-order chi connectivity index (χ0) is 13.7. The number of hydrogen-bond donors (Lipinski definition) is 1. The first kappa shape index (κ1) is 13.4. The van der Waals surface area contributed by atoms with Gasteiger partial charge in [0.25, 0.3) is 0 Å². The van der Waals surface area contributed by atoms with Gasteiger partial charge in [-0.3, -0.25) is 0 Å². The van der Waals surface area contributed by atoms with Crippen molar-refractivity contribution in [3.8, 4) is 11.5 Å². The second kappa shape index (κ2) is 6.24. The molecule has 0 spiro atoms. The van der Waals surface area contributed by atoms with E-state index < -0.39 is 0 Å².